The lowest BCUT2D eigenvalue weighted by molar-refractivity contribution is -0.723. The van der Waals surface area contributed by atoms with Gasteiger partial charge in [-0.2, -0.15) is 0 Å². The van der Waals surface area contributed by atoms with Crippen molar-refractivity contribution in [3.8, 4) is 0 Å². The van der Waals surface area contributed by atoms with Gasteiger partial charge in [-0.15, -0.1) is 16.4 Å². The summed E-state index contributed by atoms with van der Waals surface area (Å²) in [6.07, 6.45) is 4.29. The monoisotopic (exact) mass is 627 g/mol. The summed E-state index contributed by atoms with van der Waals surface area (Å²) in [5.41, 5.74) is -7.78. The molecule has 2 atom stereocenters. The largest absolute Gasteiger partial charge is 0.342 e. The standard InChI is InChI=1S/C18HBF15.C7H15N/c20-4-1(5(21)11(27)16(32)10(4)26)19(2-6(22)12(28)17(33)13(29)7(2)23)3-8(24)14(30)18(34)15(31)9(3)25;1-6-4-3-5-7(2)8-6/h19H;6-8H,3-5H2,1-2H3/q-1;/p+1/t;6-,7+. The Morgan fingerprint density at radius 1 is 0.381 bits per heavy atom. The van der Waals surface area contributed by atoms with E-state index < -0.39 is 110 Å². The summed E-state index contributed by atoms with van der Waals surface area (Å²) in [7, 11) is 0. The zero-order valence-corrected chi connectivity index (χ0v) is 21.2. The number of benzene rings is 3. The van der Waals surface area contributed by atoms with Crippen LogP contribution in [0.4, 0.5) is 65.9 Å². The van der Waals surface area contributed by atoms with Crippen molar-refractivity contribution in [2.24, 2.45) is 0 Å². The first-order chi connectivity index (χ1) is 19.4. The van der Waals surface area contributed by atoms with Crippen LogP contribution in [0.3, 0.4) is 0 Å². The van der Waals surface area contributed by atoms with Gasteiger partial charge in [0.05, 0.1) is 18.8 Å². The van der Waals surface area contributed by atoms with Crippen LogP contribution in [-0.4, -0.2) is 18.8 Å². The van der Waals surface area contributed by atoms with Crippen LogP contribution >= 0.6 is 0 Å². The van der Waals surface area contributed by atoms with E-state index in [4.69, 9.17) is 0 Å². The van der Waals surface area contributed by atoms with E-state index in [-0.39, 0.29) is 0 Å². The van der Waals surface area contributed by atoms with Crippen molar-refractivity contribution in [1.29, 1.82) is 0 Å². The molecule has 0 bridgehead atoms. The zero-order chi connectivity index (χ0) is 32.0. The highest BCUT2D eigenvalue weighted by molar-refractivity contribution is 6.95. The second kappa shape index (κ2) is 12.5. The highest BCUT2D eigenvalue weighted by Crippen LogP contribution is 2.23. The van der Waals surface area contributed by atoms with Crippen LogP contribution in [0.2, 0.25) is 0 Å². The lowest BCUT2D eigenvalue weighted by Crippen LogP contribution is -2.95. The molecule has 0 aliphatic carbocycles. The van der Waals surface area contributed by atoms with E-state index in [0.717, 1.165) is 12.1 Å². The summed E-state index contributed by atoms with van der Waals surface area (Å²) in [6, 6.07) is 1.78. The van der Waals surface area contributed by atoms with Gasteiger partial charge in [0.25, 0.3) is 0 Å². The molecule has 230 valence electrons. The molecule has 0 amide bonds. The molecule has 42 heavy (non-hydrogen) atoms. The van der Waals surface area contributed by atoms with E-state index in [1.807, 2.05) is 0 Å². The third-order valence-electron chi connectivity index (χ3n) is 6.94. The number of hydrogen-bond donors (Lipinski definition) is 1. The second-order valence-electron chi connectivity index (χ2n) is 9.75. The lowest BCUT2D eigenvalue weighted by Gasteiger charge is -2.30. The first kappa shape index (κ1) is 33.1. The molecule has 4 rings (SSSR count). The van der Waals surface area contributed by atoms with Crippen molar-refractivity contribution in [3.63, 3.8) is 0 Å². The van der Waals surface area contributed by atoms with Crippen molar-refractivity contribution in [2.75, 3.05) is 0 Å². The summed E-state index contributed by atoms with van der Waals surface area (Å²) in [6.45, 7) is -0.533. The smallest absolute Gasteiger partial charge is 0.200 e. The van der Waals surface area contributed by atoms with Crippen LogP contribution in [0.25, 0.3) is 0 Å². The van der Waals surface area contributed by atoms with E-state index in [0.29, 0.717) is 0 Å². The molecule has 17 heteroatoms. The van der Waals surface area contributed by atoms with Gasteiger partial charge in [-0.05, 0) is 33.1 Å². The number of piperidine rings is 1. The van der Waals surface area contributed by atoms with E-state index in [9.17, 15) is 65.9 Å². The third kappa shape index (κ3) is 5.66. The number of nitrogens with two attached hydrogens (primary N) is 1. The summed E-state index contributed by atoms with van der Waals surface area (Å²) in [4.78, 5) is 0. The van der Waals surface area contributed by atoms with Gasteiger partial charge in [-0.1, -0.05) is 0 Å². The summed E-state index contributed by atoms with van der Waals surface area (Å²) < 4.78 is 209. The zero-order valence-electron chi connectivity index (χ0n) is 21.2. The Morgan fingerprint density at radius 2 is 0.571 bits per heavy atom. The Balaban J connectivity index is 0.000000521. The fraction of sp³-hybridized carbons (Fsp3) is 0.280. The average Bonchev–Trinajstić information content (AvgIpc) is 2.95. The maximum atomic E-state index is 14.4. The first-order valence-corrected chi connectivity index (χ1v) is 12.0. The van der Waals surface area contributed by atoms with Gasteiger partial charge in [0, 0.05) is 0 Å². The normalized spacial score (nSPS) is 17.0. The molecule has 1 heterocycles. The maximum Gasteiger partial charge on any atom is 0.200 e. The number of hydrogen-bond acceptors (Lipinski definition) is 0. The topological polar surface area (TPSA) is 16.6 Å². The Hall–Kier alpha value is -3.37. The molecule has 2 N–H and O–H groups in total. The molecule has 1 aliphatic rings. The Labute approximate surface area is 227 Å². The molecule has 0 aromatic heterocycles. The van der Waals surface area contributed by atoms with Crippen molar-refractivity contribution in [2.45, 2.75) is 45.2 Å². The molecule has 0 saturated carbocycles. The molecule has 3 aromatic rings. The molecule has 0 unspecified atom stereocenters. The molecule has 1 nitrogen and oxygen atoms in total. The van der Waals surface area contributed by atoms with Gasteiger partial charge >= 0.3 is 0 Å². The van der Waals surface area contributed by atoms with Gasteiger partial charge in [0.2, 0.25) is 0 Å². The molecule has 1 saturated heterocycles. The fourth-order valence-electron chi connectivity index (χ4n) is 4.93. The van der Waals surface area contributed by atoms with Crippen LogP contribution in [-0.2, 0) is 0 Å². The lowest BCUT2D eigenvalue weighted by atomic mass is 9.36. The molecule has 0 spiro atoms. The van der Waals surface area contributed by atoms with Crippen LogP contribution < -0.4 is 21.7 Å². The minimum Gasteiger partial charge on any atom is -0.342 e. The molecule has 1 fully saturated rings. The predicted molar refractivity (Wildman–Crippen MR) is 119 cm³/mol. The minimum absolute atomic E-state index is 0.888. The third-order valence-corrected chi connectivity index (χ3v) is 6.94. The van der Waals surface area contributed by atoms with Gasteiger partial charge in [-0.3, -0.25) is 0 Å². The van der Waals surface area contributed by atoms with E-state index in [1.54, 1.807) is 0 Å². The van der Waals surface area contributed by atoms with Gasteiger partial charge in [0.1, 0.15) is 34.9 Å². The molecule has 0 radical (unpaired) electrons. The SMILES string of the molecule is C[C@@H]1CCC[C@H](C)[NH2+]1.Fc1c(F)c(F)c([BH-](c2c(F)c(F)c(F)c(F)c2F)c2c(F)c(F)c(F)c(F)c2F)c(F)c1F. The summed E-state index contributed by atoms with van der Waals surface area (Å²) in [5.74, 6) is -44.8. The van der Waals surface area contributed by atoms with Gasteiger partial charge in [-0.25, -0.2) is 65.9 Å². The fourth-order valence-corrected chi connectivity index (χ4v) is 4.93. The van der Waals surface area contributed by atoms with Crippen molar-refractivity contribution in [3.05, 3.63) is 87.3 Å². The molecular weight excluding hydrogens is 610 g/mol. The molecule has 1 aliphatic heterocycles. The number of quaternary nitrogens is 1. The maximum absolute atomic E-state index is 14.4. The van der Waals surface area contributed by atoms with Gasteiger partial charge < -0.3 is 5.32 Å². The number of halogens is 15. The molecular formula is C25H17BF15N. The van der Waals surface area contributed by atoms with E-state index in [2.05, 4.69) is 19.2 Å². The second-order valence-corrected chi connectivity index (χ2v) is 9.75. The summed E-state index contributed by atoms with van der Waals surface area (Å²) >= 11 is 0. The van der Waals surface area contributed by atoms with Gasteiger partial charge in [0.15, 0.2) is 52.4 Å². The van der Waals surface area contributed by atoms with Crippen LogP contribution in [0.5, 0.6) is 0 Å². The van der Waals surface area contributed by atoms with Crippen LogP contribution in [0, 0.1) is 87.3 Å². The quantitative estimate of drug-likeness (QED) is 0.191. The van der Waals surface area contributed by atoms with E-state index >= 15 is 0 Å². The predicted octanol–water partition coefficient (Wildman–Crippen LogP) is 4.53. The van der Waals surface area contributed by atoms with Crippen molar-refractivity contribution < 1.29 is 71.2 Å². The number of rotatable bonds is 3. The minimum atomic E-state index is -5.16. The average molecular weight is 627 g/mol. The first-order valence-electron chi connectivity index (χ1n) is 12.0. The Kier molecular flexibility index (Phi) is 9.84. The summed E-state index contributed by atoms with van der Waals surface area (Å²) in [5, 5.41) is 2.48. The Bertz CT molecular complexity index is 1280. The van der Waals surface area contributed by atoms with Crippen LogP contribution in [0.15, 0.2) is 0 Å². The Morgan fingerprint density at radius 3 is 0.738 bits per heavy atom. The van der Waals surface area contributed by atoms with Crippen molar-refractivity contribution in [1.82, 2.24) is 0 Å². The van der Waals surface area contributed by atoms with E-state index in [1.165, 1.54) is 19.3 Å². The highest BCUT2D eigenvalue weighted by Gasteiger charge is 2.37. The van der Waals surface area contributed by atoms with Crippen LogP contribution in [0.1, 0.15) is 33.1 Å². The highest BCUT2D eigenvalue weighted by atomic mass is 19.2. The molecule has 3 aromatic carbocycles. The van der Waals surface area contributed by atoms with Crippen molar-refractivity contribution >= 4 is 23.1 Å².